The molecule has 1 amide bonds. The molecule has 6 rings (SSSR count). The minimum absolute atomic E-state index is 0.117. The van der Waals surface area contributed by atoms with Gasteiger partial charge < -0.3 is 10.1 Å². The van der Waals surface area contributed by atoms with Gasteiger partial charge in [-0.3, -0.25) is 19.8 Å². The monoisotopic (exact) mass is 455 g/mol. The van der Waals surface area contributed by atoms with Crippen LogP contribution in [0.5, 0.6) is 5.75 Å². The Kier molecular flexibility index (Phi) is 4.88. The lowest BCUT2D eigenvalue weighted by Crippen LogP contribution is -2.55. The Balaban J connectivity index is 1.47. The summed E-state index contributed by atoms with van der Waals surface area (Å²) < 4.78 is 6.22. The Morgan fingerprint density at radius 3 is 2.59 bits per heavy atom. The number of benzene rings is 3. The number of carbonyl (C=O) groups excluding carboxylic acids is 1. The Hall–Kier alpha value is -3.71. The highest BCUT2D eigenvalue weighted by Crippen LogP contribution is 2.58. The largest absolute Gasteiger partial charge is 0.489 e. The van der Waals surface area contributed by atoms with Crippen LogP contribution in [0.4, 0.5) is 5.69 Å². The van der Waals surface area contributed by atoms with Crippen LogP contribution in [0.25, 0.3) is 0 Å². The van der Waals surface area contributed by atoms with Gasteiger partial charge in [-0.05, 0) is 30.5 Å². The zero-order valence-corrected chi connectivity index (χ0v) is 18.6. The Morgan fingerprint density at radius 2 is 1.76 bits per heavy atom. The Morgan fingerprint density at radius 1 is 1.03 bits per heavy atom. The fraction of sp³-hybridized carbons (Fsp3) is 0.296. The van der Waals surface area contributed by atoms with Crippen LogP contribution in [0.2, 0.25) is 0 Å². The summed E-state index contributed by atoms with van der Waals surface area (Å²) in [5, 5.41) is 15.7. The lowest BCUT2D eigenvalue weighted by atomic mass is 9.77. The molecule has 0 radical (unpaired) electrons. The predicted molar refractivity (Wildman–Crippen MR) is 127 cm³/mol. The van der Waals surface area contributed by atoms with Crippen molar-refractivity contribution in [2.45, 2.75) is 43.0 Å². The third kappa shape index (κ3) is 2.90. The minimum atomic E-state index is -1.32. The van der Waals surface area contributed by atoms with Crippen molar-refractivity contribution in [1.29, 1.82) is 0 Å². The smallest absolute Gasteiger partial charge is 0.256 e. The van der Waals surface area contributed by atoms with Crippen molar-refractivity contribution in [2.75, 3.05) is 11.9 Å². The van der Waals surface area contributed by atoms with Gasteiger partial charge in [0, 0.05) is 34.3 Å². The molecule has 1 N–H and O–H groups in total. The van der Waals surface area contributed by atoms with Crippen molar-refractivity contribution in [3.63, 3.8) is 0 Å². The fourth-order valence-electron chi connectivity index (χ4n) is 6.37. The summed E-state index contributed by atoms with van der Waals surface area (Å²) in [6.45, 7) is 1.02. The summed E-state index contributed by atoms with van der Waals surface area (Å²) in [7, 11) is 0. The van der Waals surface area contributed by atoms with E-state index in [1.807, 2.05) is 78.9 Å². The first-order chi connectivity index (χ1) is 16.6. The number of ether oxygens (including phenoxy) is 1. The van der Waals surface area contributed by atoms with Crippen LogP contribution in [0, 0.1) is 10.1 Å². The van der Waals surface area contributed by atoms with E-state index in [-0.39, 0.29) is 16.9 Å². The maximum atomic E-state index is 13.6. The number of amides is 1. The average molecular weight is 456 g/mol. The molecule has 3 aromatic carbocycles. The van der Waals surface area contributed by atoms with Crippen molar-refractivity contribution in [3.05, 3.63) is 106 Å². The predicted octanol–water partition coefficient (Wildman–Crippen LogP) is 4.32. The average Bonchev–Trinajstić information content (AvgIpc) is 3.52. The van der Waals surface area contributed by atoms with E-state index in [4.69, 9.17) is 4.74 Å². The van der Waals surface area contributed by atoms with Gasteiger partial charge in [-0.25, -0.2) is 0 Å². The molecule has 2 saturated heterocycles. The Bertz CT molecular complexity index is 1260. The molecule has 2 fully saturated rings. The van der Waals surface area contributed by atoms with Crippen LogP contribution < -0.4 is 10.1 Å². The minimum Gasteiger partial charge on any atom is -0.489 e. The van der Waals surface area contributed by atoms with Crippen LogP contribution in [0.15, 0.2) is 78.9 Å². The second-order valence-corrected chi connectivity index (χ2v) is 9.24. The first-order valence-corrected chi connectivity index (χ1v) is 11.7. The highest BCUT2D eigenvalue weighted by molar-refractivity contribution is 6.07. The highest BCUT2D eigenvalue weighted by Gasteiger charge is 2.73. The third-order valence-corrected chi connectivity index (χ3v) is 7.61. The fourth-order valence-corrected chi connectivity index (χ4v) is 6.37. The van der Waals surface area contributed by atoms with E-state index in [0.29, 0.717) is 30.2 Å². The van der Waals surface area contributed by atoms with E-state index in [0.717, 1.165) is 24.0 Å². The van der Waals surface area contributed by atoms with Crippen molar-refractivity contribution in [2.24, 2.45) is 0 Å². The molecule has 3 heterocycles. The molecule has 3 aliphatic rings. The van der Waals surface area contributed by atoms with Gasteiger partial charge in [0.05, 0.1) is 5.92 Å². The molecular formula is C27H25N3O4. The lowest BCUT2D eigenvalue weighted by molar-refractivity contribution is -0.534. The van der Waals surface area contributed by atoms with Gasteiger partial charge in [-0.1, -0.05) is 66.7 Å². The first-order valence-electron chi connectivity index (χ1n) is 11.7. The number of rotatable bonds is 5. The standard InChI is InChI=1S/C27H25N3O4/c31-26-27(20-12-5-6-13-21(20)28-26)25(30(32)33)24(22-14-8-16-29(22)27)19-11-4-7-15-23(19)34-17-18-9-2-1-3-10-18/h1-7,9-13,15,22,24-25H,8,14,16-17H2,(H,28,31)/t22-,24+,25+,27-/m0/s1. The number of nitrogens with zero attached hydrogens (tertiary/aromatic N) is 2. The molecule has 4 atom stereocenters. The number of carbonyl (C=O) groups is 1. The second kappa shape index (κ2) is 7.95. The number of nitro groups is 1. The molecule has 7 heteroatoms. The highest BCUT2D eigenvalue weighted by atomic mass is 16.6. The number of anilines is 1. The SMILES string of the molecule is O=C1Nc2ccccc2[C@]12[C@H]([N+](=O)[O-])[C@H](c1ccccc1OCc1ccccc1)[C@@H]1CCCN12. The number of nitrogens with one attached hydrogen (secondary N) is 1. The molecule has 172 valence electrons. The number of fused-ring (bicyclic) bond motifs is 4. The molecule has 0 bridgehead atoms. The van der Waals surface area contributed by atoms with Crippen molar-refractivity contribution in [1.82, 2.24) is 4.90 Å². The van der Waals surface area contributed by atoms with Crippen molar-refractivity contribution >= 4 is 11.6 Å². The lowest BCUT2D eigenvalue weighted by Gasteiger charge is -2.32. The van der Waals surface area contributed by atoms with Crippen molar-refractivity contribution < 1.29 is 14.5 Å². The summed E-state index contributed by atoms with van der Waals surface area (Å²) in [5.74, 6) is -0.132. The number of hydrogen-bond acceptors (Lipinski definition) is 5. The van der Waals surface area contributed by atoms with Gasteiger partial charge in [-0.15, -0.1) is 0 Å². The quantitative estimate of drug-likeness (QED) is 0.458. The van der Waals surface area contributed by atoms with E-state index >= 15 is 0 Å². The summed E-state index contributed by atoms with van der Waals surface area (Å²) in [6.07, 6.45) is 1.70. The molecule has 3 aromatic rings. The molecule has 34 heavy (non-hydrogen) atoms. The molecule has 7 nitrogen and oxygen atoms in total. The van der Waals surface area contributed by atoms with E-state index in [1.54, 1.807) is 0 Å². The van der Waals surface area contributed by atoms with E-state index in [2.05, 4.69) is 10.2 Å². The maximum absolute atomic E-state index is 13.6. The van der Waals surface area contributed by atoms with Crippen LogP contribution in [0.1, 0.15) is 35.4 Å². The topological polar surface area (TPSA) is 84.7 Å². The zero-order valence-electron chi connectivity index (χ0n) is 18.6. The number of para-hydroxylation sites is 2. The van der Waals surface area contributed by atoms with Crippen LogP contribution in [-0.2, 0) is 16.9 Å². The molecule has 0 unspecified atom stereocenters. The van der Waals surface area contributed by atoms with Gasteiger partial charge in [0.1, 0.15) is 12.4 Å². The van der Waals surface area contributed by atoms with Crippen molar-refractivity contribution in [3.8, 4) is 5.75 Å². The molecule has 0 aliphatic carbocycles. The molecule has 3 aliphatic heterocycles. The molecule has 1 spiro atoms. The van der Waals surface area contributed by atoms with Crippen LogP contribution >= 0.6 is 0 Å². The van der Waals surface area contributed by atoms with Crippen LogP contribution in [-0.4, -0.2) is 34.4 Å². The second-order valence-electron chi connectivity index (χ2n) is 9.24. The van der Waals surface area contributed by atoms with Gasteiger partial charge >= 0.3 is 0 Å². The van der Waals surface area contributed by atoms with Gasteiger partial charge in [0.2, 0.25) is 0 Å². The summed E-state index contributed by atoms with van der Waals surface area (Å²) in [6, 6.07) is 23.6. The third-order valence-electron chi connectivity index (χ3n) is 7.61. The van der Waals surface area contributed by atoms with E-state index in [1.165, 1.54) is 0 Å². The summed E-state index contributed by atoms with van der Waals surface area (Å²) >= 11 is 0. The molecular weight excluding hydrogens is 430 g/mol. The van der Waals surface area contributed by atoms with Gasteiger partial charge in [0.15, 0.2) is 5.54 Å². The molecule has 0 saturated carbocycles. The van der Waals surface area contributed by atoms with Gasteiger partial charge in [-0.2, -0.15) is 0 Å². The zero-order chi connectivity index (χ0) is 23.3. The maximum Gasteiger partial charge on any atom is 0.256 e. The van der Waals surface area contributed by atoms with Crippen LogP contribution in [0.3, 0.4) is 0 Å². The first kappa shape index (κ1) is 20.9. The van der Waals surface area contributed by atoms with E-state index < -0.39 is 17.5 Å². The Labute approximate surface area is 197 Å². The summed E-state index contributed by atoms with van der Waals surface area (Å²) in [4.78, 5) is 28.2. The van der Waals surface area contributed by atoms with Gasteiger partial charge in [0.25, 0.3) is 11.9 Å². The normalized spacial score (nSPS) is 27.4. The number of hydrogen-bond donors (Lipinski definition) is 1. The van der Waals surface area contributed by atoms with E-state index in [9.17, 15) is 14.9 Å². The molecule has 0 aromatic heterocycles. The summed E-state index contributed by atoms with van der Waals surface area (Å²) in [5.41, 5.74) is 1.88.